The van der Waals surface area contributed by atoms with Crippen molar-refractivity contribution in [3.63, 3.8) is 0 Å². The van der Waals surface area contributed by atoms with E-state index in [1.165, 1.54) is 0 Å². The summed E-state index contributed by atoms with van der Waals surface area (Å²) >= 11 is 0. The Labute approximate surface area is 93.1 Å². The molecule has 2 atom stereocenters. The quantitative estimate of drug-likeness (QED) is 0.793. The lowest BCUT2D eigenvalue weighted by Crippen LogP contribution is -2.25. The van der Waals surface area contributed by atoms with Gasteiger partial charge in [0.05, 0.1) is 12.4 Å². The topological polar surface area (TPSA) is 52.3 Å². The van der Waals surface area contributed by atoms with Crippen molar-refractivity contribution >= 4 is 10.8 Å². The molecule has 1 aromatic carbocycles. The first-order valence-corrected chi connectivity index (χ1v) is 6.45. The van der Waals surface area contributed by atoms with E-state index in [1.54, 1.807) is 0 Å². The molecule has 0 saturated heterocycles. The minimum atomic E-state index is -0.874. The van der Waals surface area contributed by atoms with Gasteiger partial charge in [-0.25, -0.2) is 0 Å². The van der Waals surface area contributed by atoms with Gasteiger partial charge in [-0.15, -0.1) is 0 Å². The van der Waals surface area contributed by atoms with Gasteiger partial charge in [-0.3, -0.25) is 4.21 Å². The fourth-order valence-electron chi connectivity index (χ4n) is 1.15. The number of benzene rings is 1. The van der Waals surface area contributed by atoms with Gasteiger partial charge < -0.3 is 10.5 Å². The maximum Gasteiger partial charge on any atom is 0.119 e. The lowest BCUT2D eigenvalue weighted by atomic mass is 10.3. The van der Waals surface area contributed by atoms with Crippen molar-refractivity contribution in [1.82, 2.24) is 0 Å². The summed E-state index contributed by atoms with van der Waals surface area (Å²) in [5.74, 6) is 1.89. The minimum absolute atomic E-state index is 0.0115. The van der Waals surface area contributed by atoms with Crippen molar-refractivity contribution in [1.29, 1.82) is 0 Å². The molecule has 15 heavy (non-hydrogen) atoms. The van der Waals surface area contributed by atoms with Crippen LogP contribution in [0.5, 0.6) is 5.75 Å². The second kappa shape index (κ2) is 6.58. The van der Waals surface area contributed by atoms with Crippen molar-refractivity contribution in [2.75, 3.05) is 18.1 Å². The molecule has 0 aliphatic heterocycles. The first-order chi connectivity index (χ1) is 7.18. The average Bonchev–Trinajstić information content (AvgIpc) is 2.18. The van der Waals surface area contributed by atoms with E-state index in [9.17, 15) is 4.21 Å². The molecule has 1 aromatic rings. The Hall–Kier alpha value is -0.870. The van der Waals surface area contributed by atoms with Crippen LogP contribution in [0.3, 0.4) is 0 Å². The van der Waals surface area contributed by atoms with E-state index in [4.69, 9.17) is 10.5 Å². The van der Waals surface area contributed by atoms with E-state index < -0.39 is 10.8 Å². The van der Waals surface area contributed by atoms with Gasteiger partial charge in [0, 0.05) is 22.6 Å². The smallest absolute Gasteiger partial charge is 0.119 e. The van der Waals surface area contributed by atoms with Crippen LogP contribution in [0.2, 0.25) is 0 Å². The van der Waals surface area contributed by atoms with Crippen LogP contribution < -0.4 is 10.5 Å². The largest absolute Gasteiger partial charge is 0.493 e. The molecule has 0 radical (unpaired) electrons. The minimum Gasteiger partial charge on any atom is -0.493 e. The van der Waals surface area contributed by atoms with Crippen LogP contribution in [0.25, 0.3) is 0 Å². The average molecular weight is 227 g/mol. The highest BCUT2D eigenvalue weighted by atomic mass is 32.2. The monoisotopic (exact) mass is 227 g/mol. The zero-order valence-corrected chi connectivity index (χ0v) is 9.70. The molecule has 0 spiro atoms. The van der Waals surface area contributed by atoms with Crippen LogP contribution in [0.15, 0.2) is 30.3 Å². The molecule has 0 saturated carbocycles. The lowest BCUT2D eigenvalue weighted by Gasteiger charge is -2.07. The number of para-hydroxylation sites is 1. The van der Waals surface area contributed by atoms with Gasteiger partial charge in [-0.2, -0.15) is 0 Å². The first-order valence-electron chi connectivity index (χ1n) is 4.97. The molecule has 0 heterocycles. The van der Waals surface area contributed by atoms with E-state index in [-0.39, 0.29) is 6.04 Å². The molecule has 0 bridgehead atoms. The summed E-state index contributed by atoms with van der Waals surface area (Å²) in [7, 11) is -0.874. The zero-order chi connectivity index (χ0) is 11.1. The number of hydrogen-bond donors (Lipinski definition) is 1. The Morgan fingerprint density at radius 3 is 2.67 bits per heavy atom. The van der Waals surface area contributed by atoms with E-state index in [0.29, 0.717) is 18.1 Å². The van der Waals surface area contributed by atoms with Gasteiger partial charge >= 0.3 is 0 Å². The highest BCUT2D eigenvalue weighted by Crippen LogP contribution is 2.07. The highest BCUT2D eigenvalue weighted by molar-refractivity contribution is 7.85. The van der Waals surface area contributed by atoms with E-state index >= 15 is 0 Å². The Bertz CT molecular complexity index is 301. The molecule has 0 amide bonds. The molecular weight excluding hydrogens is 210 g/mol. The van der Waals surface area contributed by atoms with Gasteiger partial charge in [0.2, 0.25) is 0 Å². The molecule has 3 nitrogen and oxygen atoms in total. The van der Waals surface area contributed by atoms with Crippen molar-refractivity contribution in [2.45, 2.75) is 13.0 Å². The fourth-order valence-corrected chi connectivity index (χ4v) is 2.17. The summed E-state index contributed by atoms with van der Waals surface area (Å²) in [6.45, 7) is 2.33. The Kier molecular flexibility index (Phi) is 5.36. The number of hydrogen-bond acceptors (Lipinski definition) is 3. The molecule has 2 unspecified atom stereocenters. The van der Waals surface area contributed by atoms with Crippen LogP contribution >= 0.6 is 0 Å². The molecule has 0 fully saturated rings. The van der Waals surface area contributed by atoms with Crippen LogP contribution in [0, 0.1) is 0 Å². The van der Waals surface area contributed by atoms with Gasteiger partial charge in [-0.1, -0.05) is 18.2 Å². The van der Waals surface area contributed by atoms with Crippen molar-refractivity contribution in [3.05, 3.63) is 30.3 Å². The Morgan fingerprint density at radius 2 is 2.07 bits per heavy atom. The molecule has 2 N–H and O–H groups in total. The Morgan fingerprint density at radius 1 is 1.40 bits per heavy atom. The molecule has 0 aliphatic rings. The van der Waals surface area contributed by atoms with Gasteiger partial charge in [0.15, 0.2) is 0 Å². The van der Waals surface area contributed by atoms with Crippen LogP contribution in [0.4, 0.5) is 0 Å². The summed E-state index contributed by atoms with van der Waals surface area (Å²) in [6, 6.07) is 9.51. The lowest BCUT2D eigenvalue weighted by molar-refractivity contribution is 0.342. The predicted molar refractivity (Wildman–Crippen MR) is 63.5 cm³/mol. The third-order valence-electron chi connectivity index (χ3n) is 1.77. The third-order valence-corrected chi connectivity index (χ3v) is 3.29. The number of ether oxygens (including phenoxy) is 1. The van der Waals surface area contributed by atoms with Gasteiger partial charge in [0.1, 0.15) is 5.75 Å². The number of rotatable bonds is 6. The van der Waals surface area contributed by atoms with Crippen LogP contribution in [-0.4, -0.2) is 28.4 Å². The van der Waals surface area contributed by atoms with Gasteiger partial charge in [-0.05, 0) is 19.1 Å². The second-order valence-electron chi connectivity index (χ2n) is 3.45. The fraction of sp³-hybridized carbons (Fsp3) is 0.455. The maximum absolute atomic E-state index is 11.4. The van der Waals surface area contributed by atoms with E-state index in [1.807, 2.05) is 37.3 Å². The summed E-state index contributed by atoms with van der Waals surface area (Å²) in [5, 5.41) is 0. The second-order valence-corrected chi connectivity index (χ2v) is 5.07. The molecule has 0 aliphatic carbocycles. The first kappa shape index (κ1) is 12.2. The van der Waals surface area contributed by atoms with Crippen molar-refractivity contribution in [2.24, 2.45) is 5.73 Å². The zero-order valence-electron chi connectivity index (χ0n) is 8.89. The number of nitrogens with two attached hydrogens (primary N) is 1. The molecular formula is C11H17NO2S. The maximum atomic E-state index is 11.4. The molecule has 0 aromatic heterocycles. The SMILES string of the molecule is CC(N)CS(=O)CCOc1ccccc1. The summed E-state index contributed by atoms with van der Waals surface area (Å²) in [6.07, 6.45) is 0. The molecule has 1 rings (SSSR count). The Balaban J connectivity index is 2.19. The van der Waals surface area contributed by atoms with Gasteiger partial charge in [0.25, 0.3) is 0 Å². The van der Waals surface area contributed by atoms with Crippen LogP contribution in [-0.2, 0) is 10.8 Å². The summed E-state index contributed by atoms with van der Waals surface area (Å²) < 4.78 is 16.8. The molecule has 84 valence electrons. The van der Waals surface area contributed by atoms with E-state index in [0.717, 1.165) is 5.75 Å². The summed E-state index contributed by atoms with van der Waals surface area (Å²) in [5.41, 5.74) is 5.54. The van der Waals surface area contributed by atoms with Crippen molar-refractivity contribution in [3.8, 4) is 5.75 Å². The third kappa shape index (κ3) is 5.54. The molecule has 4 heteroatoms. The normalized spacial score (nSPS) is 14.5. The highest BCUT2D eigenvalue weighted by Gasteiger charge is 2.03. The standard InChI is InChI=1S/C11H17NO2S/c1-10(12)9-15(13)8-7-14-11-5-3-2-4-6-11/h2-6,10H,7-9,12H2,1H3. The van der Waals surface area contributed by atoms with Crippen molar-refractivity contribution < 1.29 is 8.95 Å². The summed E-state index contributed by atoms with van der Waals surface area (Å²) in [4.78, 5) is 0. The van der Waals surface area contributed by atoms with Crippen LogP contribution in [0.1, 0.15) is 6.92 Å². The van der Waals surface area contributed by atoms with E-state index in [2.05, 4.69) is 0 Å². The predicted octanol–water partition coefficient (Wildman–Crippen LogP) is 1.16.